The smallest absolute Gasteiger partial charge is 0.136 e. The van der Waals surface area contributed by atoms with Crippen molar-refractivity contribution in [2.75, 3.05) is 0 Å². The van der Waals surface area contributed by atoms with Gasteiger partial charge in [-0.25, -0.2) is 0 Å². The maximum Gasteiger partial charge on any atom is 0.136 e. The first kappa shape index (κ1) is 11.9. The van der Waals surface area contributed by atoms with Crippen LogP contribution in [0.15, 0.2) is 36.5 Å². The number of benzene rings is 1. The maximum absolute atomic E-state index is 9.19. The first-order chi connectivity index (χ1) is 8.19. The van der Waals surface area contributed by atoms with Crippen LogP contribution in [-0.2, 0) is 6.61 Å². The molecule has 1 N–H and O–H groups in total. The molecule has 0 bridgehead atoms. The molecule has 0 aliphatic heterocycles. The number of aliphatic hydroxyl groups excluding tert-OH is 1. The third-order valence-electron chi connectivity index (χ3n) is 2.29. The third kappa shape index (κ3) is 2.96. The minimum absolute atomic E-state index is 0.101. The minimum atomic E-state index is -0.101. The van der Waals surface area contributed by atoms with E-state index in [1.807, 2.05) is 6.92 Å². The van der Waals surface area contributed by atoms with E-state index < -0.39 is 0 Å². The molecule has 0 unspecified atom stereocenters. The van der Waals surface area contributed by atoms with Gasteiger partial charge in [0.2, 0.25) is 0 Å². The van der Waals surface area contributed by atoms with Crippen LogP contribution in [0.3, 0.4) is 0 Å². The van der Waals surface area contributed by atoms with E-state index in [2.05, 4.69) is 4.98 Å². The Balaban J connectivity index is 2.28. The molecule has 2 rings (SSSR count). The second-order valence-corrected chi connectivity index (χ2v) is 4.08. The van der Waals surface area contributed by atoms with Crippen molar-refractivity contribution >= 4 is 11.6 Å². The molecule has 1 aromatic carbocycles. The van der Waals surface area contributed by atoms with Crippen molar-refractivity contribution in [3.05, 3.63) is 52.8 Å². The Morgan fingerprint density at radius 1 is 1.29 bits per heavy atom. The van der Waals surface area contributed by atoms with Crippen LogP contribution in [0.2, 0.25) is 5.02 Å². The lowest BCUT2D eigenvalue weighted by Gasteiger charge is -2.10. The first-order valence-electron chi connectivity index (χ1n) is 5.19. The molecule has 0 radical (unpaired) electrons. The van der Waals surface area contributed by atoms with Gasteiger partial charge in [-0.05, 0) is 31.2 Å². The highest BCUT2D eigenvalue weighted by Gasteiger charge is 2.05. The van der Waals surface area contributed by atoms with E-state index in [9.17, 15) is 5.11 Å². The van der Waals surface area contributed by atoms with Gasteiger partial charge in [0.1, 0.15) is 11.5 Å². The highest BCUT2D eigenvalue weighted by atomic mass is 35.5. The Morgan fingerprint density at radius 3 is 2.65 bits per heavy atom. The molecule has 17 heavy (non-hydrogen) atoms. The molecule has 2 aromatic rings. The van der Waals surface area contributed by atoms with Crippen molar-refractivity contribution in [2.24, 2.45) is 0 Å². The van der Waals surface area contributed by atoms with E-state index in [0.717, 1.165) is 5.69 Å². The van der Waals surface area contributed by atoms with Crippen molar-refractivity contribution in [2.45, 2.75) is 13.5 Å². The van der Waals surface area contributed by atoms with Gasteiger partial charge in [0.25, 0.3) is 0 Å². The number of ether oxygens (including phenoxy) is 1. The molecule has 0 spiro atoms. The zero-order valence-electron chi connectivity index (χ0n) is 9.35. The SMILES string of the molecule is Cc1cc(Oc2ccc(Cl)cc2)c(CO)cn1. The number of aromatic nitrogens is 1. The van der Waals surface area contributed by atoms with Crippen LogP contribution in [0.5, 0.6) is 11.5 Å². The van der Waals surface area contributed by atoms with Gasteiger partial charge in [0, 0.05) is 28.5 Å². The Bertz CT molecular complexity index is 511. The summed E-state index contributed by atoms with van der Waals surface area (Å²) in [6.45, 7) is 1.77. The summed E-state index contributed by atoms with van der Waals surface area (Å²) in [7, 11) is 0. The number of nitrogens with zero attached hydrogens (tertiary/aromatic N) is 1. The van der Waals surface area contributed by atoms with Gasteiger partial charge < -0.3 is 9.84 Å². The lowest BCUT2D eigenvalue weighted by atomic mass is 10.2. The molecule has 0 atom stereocenters. The Morgan fingerprint density at radius 2 is 2.00 bits per heavy atom. The molecule has 0 saturated carbocycles. The molecule has 3 nitrogen and oxygen atoms in total. The summed E-state index contributed by atoms with van der Waals surface area (Å²) < 4.78 is 5.68. The number of pyridine rings is 1. The van der Waals surface area contributed by atoms with E-state index in [0.29, 0.717) is 22.1 Å². The number of aryl methyl sites for hydroxylation is 1. The molecule has 0 saturated heterocycles. The number of hydrogen-bond donors (Lipinski definition) is 1. The average molecular weight is 250 g/mol. The van der Waals surface area contributed by atoms with Gasteiger partial charge in [0.15, 0.2) is 0 Å². The highest BCUT2D eigenvalue weighted by molar-refractivity contribution is 6.30. The van der Waals surface area contributed by atoms with Crippen molar-refractivity contribution in [1.29, 1.82) is 0 Å². The van der Waals surface area contributed by atoms with Crippen LogP contribution in [0.25, 0.3) is 0 Å². The number of rotatable bonds is 3. The molecular formula is C13H12ClNO2. The van der Waals surface area contributed by atoms with Gasteiger partial charge in [-0.15, -0.1) is 0 Å². The lowest BCUT2D eigenvalue weighted by Crippen LogP contribution is -1.94. The topological polar surface area (TPSA) is 42.4 Å². The van der Waals surface area contributed by atoms with E-state index in [1.165, 1.54) is 0 Å². The fraction of sp³-hybridized carbons (Fsp3) is 0.154. The molecule has 0 aliphatic rings. The number of hydrogen-bond acceptors (Lipinski definition) is 3. The standard InChI is InChI=1S/C13H12ClNO2/c1-9-6-13(10(8-16)7-15-9)17-12-4-2-11(14)3-5-12/h2-7,16H,8H2,1H3. The first-order valence-corrected chi connectivity index (χ1v) is 5.56. The zero-order chi connectivity index (χ0) is 12.3. The van der Waals surface area contributed by atoms with Crippen molar-refractivity contribution < 1.29 is 9.84 Å². The zero-order valence-corrected chi connectivity index (χ0v) is 10.1. The Hall–Kier alpha value is -1.58. The Kier molecular flexibility index (Phi) is 3.61. The maximum atomic E-state index is 9.19. The van der Waals surface area contributed by atoms with E-state index in [4.69, 9.17) is 16.3 Å². The summed E-state index contributed by atoms with van der Waals surface area (Å²) in [5.41, 5.74) is 1.50. The van der Waals surface area contributed by atoms with Crippen LogP contribution < -0.4 is 4.74 Å². The van der Waals surface area contributed by atoms with Crippen LogP contribution >= 0.6 is 11.6 Å². The van der Waals surface area contributed by atoms with E-state index in [-0.39, 0.29) is 6.61 Å². The molecule has 1 aromatic heterocycles. The molecule has 4 heteroatoms. The summed E-state index contributed by atoms with van der Waals surface area (Å²) in [5.74, 6) is 1.29. The highest BCUT2D eigenvalue weighted by Crippen LogP contribution is 2.26. The molecule has 1 heterocycles. The summed E-state index contributed by atoms with van der Waals surface area (Å²) in [6, 6.07) is 8.85. The molecule has 0 fully saturated rings. The number of aliphatic hydroxyl groups is 1. The average Bonchev–Trinajstić information content (AvgIpc) is 2.32. The Labute approximate surface area is 105 Å². The normalized spacial score (nSPS) is 10.3. The predicted molar refractivity (Wildman–Crippen MR) is 66.4 cm³/mol. The van der Waals surface area contributed by atoms with Crippen LogP contribution in [0.1, 0.15) is 11.3 Å². The summed E-state index contributed by atoms with van der Waals surface area (Å²) in [4.78, 5) is 4.11. The fourth-order valence-corrected chi connectivity index (χ4v) is 1.53. The quantitative estimate of drug-likeness (QED) is 0.907. The summed E-state index contributed by atoms with van der Waals surface area (Å²) in [5, 5.41) is 9.85. The largest absolute Gasteiger partial charge is 0.457 e. The lowest BCUT2D eigenvalue weighted by molar-refractivity contribution is 0.276. The van der Waals surface area contributed by atoms with Gasteiger partial charge in [-0.2, -0.15) is 0 Å². The summed E-state index contributed by atoms with van der Waals surface area (Å²) in [6.07, 6.45) is 1.61. The molecule has 88 valence electrons. The van der Waals surface area contributed by atoms with Crippen molar-refractivity contribution in [3.8, 4) is 11.5 Å². The second kappa shape index (κ2) is 5.17. The van der Waals surface area contributed by atoms with Gasteiger partial charge in [-0.1, -0.05) is 11.6 Å². The van der Waals surface area contributed by atoms with Crippen LogP contribution in [-0.4, -0.2) is 10.1 Å². The van der Waals surface area contributed by atoms with Gasteiger partial charge in [-0.3, -0.25) is 4.98 Å². The van der Waals surface area contributed by atoms with Crippen LogP contribution in [0.4, 0.5) is 0 Å². The van der Waals surface area contributed by atoms with Gasteiger partial charge in [0.05, 0.1) is 6.61 Å². The monoisotopic (exact) mass is 249 g/mol. The molecule has 0 aliphatic carbocycles. The van der Waals surface area contributed by atoms with Gasteiger partial charge >= 0.3 is 0 Å². The van der Waals surface area contributed by atoms with Crippen molar-refractivity contribution in [3.63, 3.8) is 0 Å². The predicted octanol–water partition coefficient (Wildman–Crippen LogP) is 3.33. The van der Waals surface area contributed by atoms with E-state index in [1.54, 1.807) is 36.5 Å². The molecular weight excluding hydrogens is 238 g/mol. The second-order valence-electron chi connectivity index (χ2n) is 3.65. The number of halogens is 1. The fourth-order valence-electron chi connectivity index (χ4n) is 1.41. The van der Waals surface area contributed by atoms with Crippen LogP contribution in [0, 0.1) is 6.92 Å². The van der Waals surface area contributed by atoms with Crippen molar-refractivity contribution in [1.82, 2.24) is 4.98 Å². The minimum Gasteiger partial charge on any atom is -0.457 e. The summed E-state index contributed by atoms with van der Waals surface area (Å²) >= 11 is 5.79. The van der Waals surface area contributed by atoms with E-state index >= 15 is 0 Å². The third-order valence-corrected chi connectivity index (χ3v) is 2.54. The molecule has 0 amide bonds.